The van der Waals surface area contributed by atoms with Crippen molar-refractivity contribution in [3.05, 3.63) is 71.8 Å². The zero-order chi connectivity index (χ0) is 25.1. The second kappa shape index (κ2) is 7.60. The lowest BCUT2D eigenvalue weighted by molar-refractivity contribution is 0.648. The summed E-state index contributed by atoms with van der Waals surface area (Å²) in [6.07, 6.45) is 0.993. The summed E-state index contributed by atoms with van der Waals surface area (Å²) in [5, 5.41) is 4.24. The average Bonchev–Trinajstić information content (AvgIpc) is 3.14. The summed E-state index contributed by atoms with van der Waals surface area (Å²) >= 11 is 0. The molecule has 0 saturated carbocycles. The Kier molecular flexibility index (Phi) is 4.18. The van der Waals surface area contributed by atoms with Crippen molar-refractivity contribution in [1.82, 2.24) is 4.98 Å². The predicted molar refractivity (Wildman–Crippen MR) is 141 cm³/mol. The third-order valence-corrected chi connectivity index (χ3v) is 8.11. The number of rotatable bonds is 4. The third-order valence-electron chi connectivity index (χ3n) is 6.08. The summed E-state index contributed by atoms with van der Waals surface area (Å²) in [5.74, 6) is 0.554. The molecular weight excluding hydrogens is 406 g/mol. The summed E-state index contributed by atoms with van der Waals surface area (Å²) in [6, 6.07) is 20.1. The van der Waals surface area contributed by atoms with Crippen LogP contribution in [0.4, 0.5) is 0 Å². The molecule has 2 heterocycles. The Labute approximate surface area is 195 Å². The Morgan fingerprint density at radius 2 is 1.75 bits per heavy atom. The van der Waals surface area contributed by atoms with Crippen molar-refractivity contribution in [3.8, 4) is 11.3 Å². The van der Waals surface area contributed by atoms with Crippen molar-refractivity contribution in [2.75, 3.05) is 0 Å². The van der Waals surface area contributed by atoms with Gasteiger partial charge >= 0.3 is 0 Å². The largest absolute Gasteiger partial charge is 0.455 e. The van der Waals surface area contributed by atoms with Crippen molar-refractivity contribution >= 4 is 46.1 Å². The predicted octanol–water partition coefficient (Wildman–Crippen LogP) is 7.85. The smallest absolute Gasteiger partial charge is 0.144 e. The van der Waals surface area contributed by atoms with Crippen LogP contribution in [0.5, 0.6) is 0 Å². The number of nitrogens with zero attached hydrogens (tertiary/aromatic N) is 1. The van der Waals surface area contributed by atoms with Crippen LogP contribution >= 0.6 is 0 Å². The highest BCUT2D eigenvalue weighted by molar-refractivity contribution is 6.90. The van der Waals surface area contributed by atoms with Crippen LogP contribution in [0.2, 0.25) is 19.6 Å². The zero-order valence-corrected chi connectivity index (χ0v) is 20.4. The average molecular weight is 441 g/mol. The lowest BCUT2D eigenvalue weighted by Crippen LogP contribution is -2.38. The van der Waals surface area contributed by atoms with Crippen LogP contribution in [0.15, 0.2) is 65.1 Å². The Bertz CT molecular complexity index is 1580. The number of pyridine rings is 1. The van der Waals surface area contributed by atoms with Crippen LogP contribution in [0.1, 0.15) is 29.1 Å². The molecule has 2 aromatic heterocycles. The lowest BCUT2D eigenvalue weighted by atomic mass is 10.00. The van der Waals surface area contributed by atoms with Gasteiger partial charge in [-0.05, 0) is 71.2 Å². The summed E-state index contributed by atoms with van der Waals surface area (Å²) < 4.78 is 30.7. The Hall–Kier alpha value is -2.91. The molecule has 3 heteroatoms. The van der Waals surface area contributed by atoms with Crippen LogP contribution in [-0.2, 0) is 6.42 Å². The Morgan fingerprint density at radius 3 is 2.50 bits per heavy atom. The molecular formula is C29H31NOSi. The molecule has 32 heavy (non-hydrogen) atoms. The molecule has 0 aliphatic heterocycles. The van der Waals surface area contributed by atoms with Gasteiger partial charge < -0.3 is 4.42 Å². The number of fused-ring (bicyclic) bond motifs is 4. The fourth-order valence-corrected chi connectivity index (χ4v) is 6.24. The van der Waals surface area contributed by atoms with Gasteiger partial charge in [-0.2, -0.15) is 0 Å². The van der Waals surface area contributed by atoms with Gasteiger partial charge in [-0.1, -0.05) is 63.8 Å². The minimum Gasteiger partial charge on any atom is -0.455 e. The number of benzene rings is 3. The van der Waals surface area contributed by atoms with E-state index in [2.05, 4.69) is 57.8 Å². The zero-order valence-electron chi connectivity index (χ0n) is 22.4. The molecule has 0 atom stereocenters. The number of para-hydroxylation sites is 1. The van der Waals surface area contributed by atoms with Crippen molar-refractivity contribution in [1.29, 1.82) is 0 Å². The molecule has 0 unspecified atom stereocenters. The minimum absolute atomic E-state index is 0.302. The first-order valence-electron chi connectivity index (χ1n) is 12.8. The third kappa shape index (κ3) is 3.65. The molecule has 5 rings (SSSR count). The normalized spacial score (nSPS) is 14.2. The minimum atomic E-state index is -2.23. The van der Waals surface area contributed by atoms with Crippen molar-refractivity contribution < 1.29 is 8.53 Å². The molecule has 5 aromatic rings. The first kappa shape index (κ1) is 17.6. The molecule has 0 radical (unpaired) electrons. The van der Waals surface area contributed by atoms with Gasteiger partial charge in [0.25, 0.3) is 0 Å². The van der Waals surface area contributed by atoms with E-state index in [-0.39, 0.29) is 0 Å². The van der Waals surface area contributed by atoms with Crippen molar-refractivity contribution in [2.45, 2.75) is 46.8 Å². The molecule has 0 fully saturated rings. The summed E-state index contributed by atoms with van der Waals surface area (Å²) in [5.41, 5.74) is 5.47. The first-order chi connectivity index (χ1) is 16.4. The molecule has 0 bridgehead atoms. The van der Waals surface area contributed by atoms with Gasteiger partial charge in [0.1, 0.15) is 11.2 Å². The molecule has 3 aromatic carbocycles. The molecule has 0 aliphatic carbocycles. The Morgan fingerprint density at radius 1 is 0.938 bits per heavy atom. The van der Waals surface area contributed by atoms with Crippen LogP contribution in [0, 0.1) is 12.8 Å². The highest BCUT2D eigenvalue weighted by Gasteiger charge is 2.23. The van der Waals surface area contributed by atoms with Crippen LogP contribution in [-0.4, -0.2) is 13.1 Å². The van der Waals surface area contributed by atoms with E-state index in [9.17, 15) is 0 Å². The molecule has 0 aliphatic rings. The number of aromatic nitrogens is 1. The van der Waals surface area contributed by atoms with E-state index in [0.717, 1.165) is 39.6 Å². The fourth-order valence-electron chi connectivity index (χ4n) is 4.65. The van der Waals surface area contributed by atoms with E-state index in [0.29, 0.717) is 17.1 Å². The van der Waals surface area contributed by atoms with Crippen LogP contribution < -0.4 is 5.19 Å². The van der Waals surface area contributed by atoms with Crippen LogP contribution in [0.3, 0.4) is 0 Å². The van der Waals surface area contributed by atoms with Gasteiger partial charge in [0.15, 0.2) is 0 Å². The number of hydrogen-bond acceptors (Lipinski definition) is 2. The van der Waals surface area contributed by atoms with Gasteiger partial charge in [0.05, 0.1) is 19.3 Å². The van der Waals surface area contributed by atoms with Crippen LogP contribution in [0.25, 0.3) is 44.1 Å². The van der Waals surface area contributed by atoms with E-state index in [1.807, 2.05) is 24.3 Å². The quantitative estimate of drug-likeness (QED) is 0.266. The molecule has 162 valence electrons. The molecule has 2 nitrogen and oxygen atoms in total. The number of furan rings is 1. The lowest BCUT2D eigenvalue weighted by Gasteiger charge is -2.21. The Balaban J connectivity index is 1.86. The SMILES string of the molecule is [2H]C([2H])([2H])c1cc(-c2cc([Si](C)(C)C)c3ccc(CC(C)C)cc3n2)c2oc3ccccc3c2c1. The maximum absolute atomic E-state index is 8.12. The van der Waals surface area contributed by atoms with E-state index < -0.39 is 14.9 Å². The molecule has 0 saturated heterocycles. The van der Waals surface area contributed by atoms with Crippen molar-refractivity contribution in [2.24, 2.45) is 5.92 Å². The van der Waals surface area contributed by atoms with Gasteiger partial charge in [-0.3, -0.25) is 0 Å². The van der Waals surface area contributed by atoms with Gasteiger partial charge in [-0.25, -0.2) is 4.98 Å². The molecule has 0 N–H and O–H groups in total. The summed E-state index contributed by atoms with van der Waals surface area (Å²) in [7, 11) is -1.74. The second-order valence-corrected chi connectivity index (χ2v) is 15.3. The van der Waals surface area contributed by atoms with Gasteiger partial charge in [0.2, 0.25) is 0 Å². The maximum Gasteiger partial charge on any atom is 0.144 e. The topological polar surface area (TPSA) is 26.0 Å². The standard InChI is InChI=1S/C29H31NOSi/c1-18(2)13-20-11-12-22-25(16-20)30-26(17-28(22)32(4,5)6)24-15-19(3)14-23-21-9-7-8-10-27(21)31-29(23)24/h7-12,14-18H,13H2,1-6H3/i3D3. The maximum atomic E-state index is 8.12. The highest BCUT2D eigenvalue weighted by Crippen LogP contribution is 2.36. The van der Waals surface area contributed by atoms with Gasteiger partial charge in [-0.15, -0.1) is 0 Å². The number of aryl methyl sites for hydroxylation is 1. The van der Waals surface area contributed by atoms with E-state index in [1.165, 1.54) is 16.1 Å². The summed E-state index contributed by atoms with van der Waals surface area (Å²) in [6.45, 7) is 9.22. The monoisotopic (exact) mass is 440 g/mol. The second-order valence-electron chi connectivity index (χ2n) is 10.3. The number of hydrogen-bond donors (Lipinski definition) is 0. The molecule has 0 spiro atoms. The van der Waals surface area contributed by atoms with Gasteiger partial charge in [0, 0.05) is 20.4 Å². The molecule has 0 amide bonds. The first-order valence-corrected chi connectivity index (χ1v) is 14.8. The summed E-state index contributed by atoms with van der Waals surface area (Å²) in [4.78, 5) is 5.11. The van der Waals surface area contributed by atoms with E-state index in [1.54, 1.807) is 12.1 Å². The van der Waals surface area contributed by atoms with E-state index >= 15 is 0 Å². The van der Waals surface area contributed by atoms with E-state index in [4.69, 9.17) is 13.5 Å². The van der Waals surface area contributed by atoms with Crippen molar-refractivity contribution in [3.63, 3.8) is 0 Å². The fraction of sp³-hybridized carbons (Fsp3) is 0.276. The highest BCUT2D eigenvalue weighted by atomic mass is 28.3.